The molecular formula is C5H11O2S+. The first-order chi connectivity index (χ1) is 3.63. The lowest BCUT2D eigenvalue weighted by Crippen LogP contribution is -2.07. The molecule has 0 aromatic heterocycles. The fraction of sp³-hybridized carbons (Fsp3) is 0.800. The molecule has 0 radical (unpaired) electrons. The van der Waals surface area contributed by atoms with E-state index in [1.807, 2.05) is 12.5 Å². The third kappa shape index (κ3) is 5.82. The molecule has 0 rings (SSSR count). The predicted octanol–water partition coefficient (Wildman–Crippen LogP) is 0.339. The molecule has 48 valence electrons. The number of carboxylic acid groups (broad SMARTS) is 1. The van der Waals surface area contributed by atoms with Gasteiger partial charge in [0.05, 0.1) is 18.9 Å². The van der Waals surface area contributed by atoms with Crippen molar-refractivity contribution in [1.82, 2.24) is 0 Å². The van der Waals surface area contributed by atoms with Crippen molar-refractivity contribution in [3.8, 4) is 0 Å². The van der Waals surface area contributed by atoms with E-state index < -0.39 is 5.97 Å². The smallest absolute Gasteiger partial charge is 0.308 e. The van der Waals surface area contributed by atoms with E-state index in [9.17, 15) is 4.79 Å². The minimum atomic E-state index is -0.689. The fourth-order valence-corrected chi connectivity index (χ4v) is 0.874. The third-order valence-corrected chi connectivity index (χ3v) is 1.74. The summed E-state index contributed by atoms with van der Waals surface area (Å²) in [5.41, 5.74) is 0. The predicted molar refractivity (Wildman–Crippen MR) is 36.3 cm³/mol. The van der Waals surface area contributed by atoms with Gasteiger partial charge in [-0.3, -0.25) is 4.79 Å². The van der Waals surface area contributed by atoms with E-state index in [-0.39, 0.29) is 10.9 Å². The zero-order valence-corrected chi connectivity index (χ0v) is 5.99. The highest BCUT2D eigenvalue weighted by Crippen LogP contribution is 1.87. The van der Waals surface area contributed by atoms with Crippen LogP contribution in [0.3, 0.4) is 0 Å². The summed E-state index contributed by atoms with van der Waals surface area (Å²) in [6.07, 6.45) is 4.40. The van der Waals surface area contributed by atoms with Crippen molar-refractivity contribution in [2.45, 2.75) is 6.42 Å². The van der Waals surface area contributed by atoms with Gasteiger partial charge in [-0.25, -0.2) is 0 Å². The van der Waals surface area contributed by atoms with Crippen LogP contribution < -0.4 is 0 Å². The van der Waals surface area contributed by atoms with Gasteiger partial charge in [0, 0.05) is 0 Å². The van der Waals surface area contributed by atoms with Gasteiger partial charge in [0.15, 0.2) is 0 Å². The van der Waals surface area contributed by atoms with E-state index >= 15 is 0 Å². The van der Waals surface area contributed by atoms with Gasteiger partial charge in [0.2, 0.25) is 0 Å². The molecule has 0 bridgehead atoms. The van der Waals surface area contributed by atoms with Crippen LogP contribution in [0, 0.1) is 0 Å². The molecule has 0 saturated carbocycles. The molecule has 0 saturated heterocycles. The number of hydrogen-bond acceptors (Lipinski definition) is 1. The second kappa shape index (κ2) is 3.78. The summed E-state index contributed by atoms with van der Waals surface area (Å²) in [6.45, 7) is 0. The van der Waals surface area contributed by atoms with Gasteiger partial charge in [-0.1, -0.05) is 0 Å². The lowest BCUT2D eigenvalue weighted by atomic mass is 10.5. The van der Waals surface area contributed by atoms with Crippen molar-refractivity contribution in [1.29, 1.82) is 0 Å². The molecule has 0 aromatic rings. The summed E-state index contributed by atoms with van der Waals surface area (Å²) in [5, 5.41) is 8.17. The van der Waals surface area contributed by atoms with Crippen LogP contribution in [0.25, 0.3) is 0 Å². The van der Waals surface area contributed by atoms with Crippen molar-refractivity contribution in [2.75, 3.05) is 18.3 Å². The standard InChI is InChI=1S/C5H10O2S/c1-8(2)4-3-5(6)7/h3-4H2,1-2H3/p+1. The zero-order valence-electron chi connectivity index (χ0n) is 5.18. The molecule has 0 aliphatic carbocycles. The van der Waals surface area contributed by atoms with Crippen LogP contribution in [-0.2, 0) is 15.7 Å². The number of carboxylic acids is 1. The Balaban J connectivity index is 3.05. The van der Waals surface area contributed by atoms with Crippen molar-refractivity contribution in [3.63, 3.8) is 0 Å². The molecule has 0 spiro atoms. The van der Waals surface area contributed by atoms with Crippen LogP contribution in [-0.4, -0.2) is 29.3 Å². The maximum Gasteiger partial charge on any atom is 0.308 e. The van der Waals surface area contributed by atoms with Crippen LogP contribution in [0.4, 0.5) is 0 Å². The highest BCUT2D eigenvalue weighted by molar-refractivity contribution is 7.95. The van der Waals surface area contributed by atoms with Crippen molar-refractivity contribution < 1.29 is 9.90 Å². The second-order valence-corrected chi connectivity index (χ2v) is 4.21. The lowest BCUT2D eigenvalue weighted by molar-refractivity contribution is -0.136. The molecule has 3 heteroatoms. The first kappa shape index (κ1) is 7.82. The molecular weight excluding hydrogens is 124 g/mol. The van der Waals surface area contributed by atoms with Crippen molar-refractivity contribution in [3.05, 3.63) is 0 Å². The topological polar surface area (TPSA) is 37.3 Å². The largest absolute Gasteiger partial charge is 0.481 e. The number of aliphatic carboxylic acids is 1. The van der Waals surface area contributed by atoms with Crippen LogP contribution in [0.1, 0.15) is 6.42 Å². The average molecular weight is 135 g/mol. The van der Waals surface area contributed by atoms with Gasteiger partial charge in [-0.05, 0) is 10.9 Å². The van der Waals surface area contributed by atoms with Crippen molar-refractivity contribution in [2.24, 2.45) is 0 Å². The molecule has 0 aliphatic heterocycles. The lowest BCUT2D eigenvalue weighted by Gasteiger charge is -1.90. The molecule has 0 heterocycles. The first-order valence-electron chi connectivity index (χ1n) is 2.39. The number of hydrogen-bond donors (Lipinski definition) is 1. The number of carbonyl (C=O) groups is 1. The van der Waals surface area contributed by atoms with Gasteiger partial charge in [-0.15, -0.1) is 0 Å². The summed E-state index contributed by atoms with van der Waals surface area (Å²) in [7, 11) is 0.283. The fourth-order valence-electron chi connectivity index (χ4n) is 0.291. The van der Waals surface area contributed by atoms with Crippen molar-refractivity contribution >= 4 is 16.9 Å². The summed E-state index contributed by atoms with van der Waals surface area (Å²) in [4.78, 5) is 9.91. The normalized spacial score (nSPS) is 9.88. The minimum absolute atomic E-state index is 0.283. The van der Waals surface area contributed by atoms with E-state index in [0.29, 0.717) is 6.42 Å². The van der Waals surface area contributed by atoms with Gasteiger partial charge in [0.1, 0.15) is 5.75 Å². The maximum absolute atomic E-state index is 9.91. The van der Waals surface area contributed by atoms with E-state index in [0.717, 1.165) is 5.75 Å². The summed E-state index contributed by atoms with van der Waals surface area (Å²) in [6, 6.07) is 0. The molecule has 0 fully saturated rings. The van der Waals surface area contributed by atoms with Gasteiger partial charge in [-0.2, -0.15) is 0 Å². The van der Waals surface area contributed by atoms with Crippen LogP contribution in [0.2, 0.25) is 0 Å². The average Bonchev–Trinajstić information content (AvgIpc) is 1.61. The monoisotopic (exact) mass is 135 g/mol. The molecule has 8 heavy (non-hydrogen) atoms. The molecule has 0 aromatic carbocycles. The van der Waals surface area contributed by atoms with E-state index in [2.05, 4.69) is 0 Å². The Morgan fingerprint density at radius 2 is 2.12 bits per heavy atom. The van der Waals surface area contributed by atoms with Crippen LogP contribution in [0.5, 0.6) is 0 Å². The first-order valence-corrected chi connectivity index (χ1v) is 4.60. The molecule has 1 N–H and O–H groups in total. The van der Waals surface area contributed by atoms with Gasteiger partial charge in [0.25, 0.3) is 0 Å². The molecule has 0 amide bonds. The molecule has 2 nitrogen and oxygen atoms in total. The number of rotatable bonds is 3. The maximum atomic E-state index is 9.91. The summed E-state index contributed by atoms with van der Waals surface area (Å²) in [5.74, 6) is 0.126. The van der Waals surface area contributed by atoms with Crippen LogP contribution in [0.15, 0.2) is 0 Å². The third-order valence-electron chi connectivity index (χ3n) is 0.724. The minimum Gasteiger partial charge on any atom is -0.481 e. The van der Waals surface area contributed by atoms with E-state index in [1.54, 1.807) is 0 Å². The quantitative estimate of drug-likeness (QED) is 0.566. The molecule has 0 unspecified atom stereocenters. The molecule has 0 atom stereocenters. The summed E-state index contributed by atoms with van der Waals surface area (Å²) < 4.78 is 0. The molecule has 0 aliphatic rings. The summed E-state index contributed by atoms with van der Waals surface area (Å²) >= 11 is 0. The Morgan fingerprint density at radius 1 is 1.62 bits per heavy atom. The Morgan fingerprint density at radius 3 is 2.25 bits per heavy atom. The van der Waals surface area contributed by atoms with Gasteiger partial charge < -0.3 is 5.11 Å². The van der Waals surface area contributed by atoms with Crippen LogP contribution >= 0.6 is 0 Å². The zero-order chi connectivity index (χ0) is 6.57. The Bertz CT molecular complexity index is 80.5. The SMILES string of the molecule is C[S+](C)CCC(=O)O. The Hall–Kier alpha value is -0.180. The second-order valence-electron chi connectivity index (χ2n) is 1.83. The van der Waals surface area contributed by atoms with E-state index in [4.69, 9.17) is 5.11 Å². The highest BCUT2D eigenvalue weighted by Gasteiger charge is 2.04. The highest BCUT2D eigenvalue weighted by atomic mass is 32.2. The Kier molecular flexibility index (Phi) is 3.69. The Labute approximate surface area is 52.2 Å². The van der Waals surface area contributed by atoms with Gasteiger partial charge >= 0.3 is 5.97 Å². The van der Waals surface area contributed by atoms with E-state index in [1.165, 1.54) is 0 Å².